The summed E-state index contributed by atoms with van der Waals surface area (Å²) in [7, 11) is 0. The van der Waals surface area contributed by atoms with Crippen molar-refractivity contribution in [3.63, 3.8) is 0 Å². The van der Waals surface area contributed by atoms with Crippen molar-refractivity contribution in [2.75, 3.05) is 17.6 Å². The lowest BCUT2D eigenvalue weighted by molar-refractivity contribution is 0.523. The van der Waals surface area contributed by atoms with Crippen LogP contribution in [0.25, 0.3) is 0 Å². The average Bonchev–Trinajstić information content (AvgIpc) is 2.30. The number of nitrogen functional groups attached to an aromatic ring is 1. The van der Waals surface area contributed by atoms with E-state index < -0.39 is 0 Å². The highest BCUT2D eigenvalue weighted by molar-refractivity contribution is 6.33. The Hall–Kier alpha value is -0.890. The van der Waals surface area contributed by atoms with Gasteiger partial charge in [-0.3, -0.25) is 0 Å². The van der Waals surface area contributed by atoms with Gasteiger partial charge < -0.3 is 11.1 Å². The molecule has 1 rings (SSSR count). The average molecular weight is 269 g/mol. The first-order valence-electron chi connectivity index (χ1n) is 6.88. The summed E-state index contributed by atoms with van der Waals surface area (Å²) in [4.78, 5) is 0. The van der Waals surface area contributed by atoms with Crippen molar-refractivity contribution in [1.29, 1.82) is 0 Å². The van der Waals surface area contributed by atoms with Crippen LogP contribution in [0.5, 0.6) is 0 Å². The molecule has 3 heteroatoms. The Morgan fingerprint density at radius 2 is 1.89 bits per heavy atom. The van der Waals surface area contributed by atoms with E-state index in [2.05, 4.69) is 19.2 Å². The second-order valence-electron chi connectivity index (χ2n) is 5.26. The van der Waals surface area contributed by atoms with Gasteiger partial charge in [-0.1, -0.05) is 51.1 Å². The molecule has 0 heterocycles. The molecule has 1 aromatic rings. The third-order valence-corrected chi connectivity index (χ3v) is 3.33. The normalized spacial score (nSPS) is 10.9. The monoisotopic (exact) mass is 268 g/mol. The van der Waals surface area contributed by atoms with Crippen molar-refractivity contribution in [2.45, 2.75) is 46.0 Å². The van der Waals surface area contributed by atoms with Crippen molar-refractivity contribution >= 4 is 23.0 Å². The summed E-state index contributed by atoms with van der Waals surface area (Å²) in [5, 5.41) is 4.06. The molecular weight excluding hydrogens is 244 g/mol. The van der Waals surface area contributed by atoms with Gasteiger partial charge in [0, 0.05) is 12.2 Å². The van der Waals surface area contributed by atoms with Crippen molar-refractivity contribution in [1.82, 2.24) is 0 Å². The SMILES string of the molecule is CC(C)CCCCCCNc1ccc(N)cc1Cl. The predicted octanol–water partition coefficient (Wildman–Crippen LogP) is 4.94. The van der Waals surface area contributed by atoms with Crippen LogP contribution in [0, 0.1) is 5.92 Å². The number of halogens is 1. The van der Waals surface area contributed by atoms with Crippen molar-refractivity contribution < 1.29 is 0 Å². The maximum Gasteiger partial charge on any atom is 0.0657 e. The van der Waals surface area contributed by atoms with E-state index in [-0.39, 0.29) is 0 Å². The fourth-order valence-corrected chi connectivity index (χ4v) is 2.18. The zero-order chi connectivity index (χ0) is 13.4. The fourth-order valence-electron chi connectivity index (χ4n) is 1.93. The Balaban J connectivity index is 2.11. The summed E-state index contributed by atoms with van der Waals surface area (Å²) in [5.74, 6) is 0.830. The van der Waals surface area contributed by atoms with Gasteiger partial charge in [-0.05, 0) is 30.5 Å². The molecule has 0 aliphatic carbocycles. The van der Waals surface area contributed by atoms with Gasteiger partial charge in [-0.2, -0.15) is 0 Å². The molecule has 0 atom stereocenters. The van der Waals surface area contributed by atoms with Gasteiger partial charge in [-0.25, -0.2) is 0 Å². The number of nitrogens with one attached hydrogen (secondary N) is 1. The highest BCUT2D eigenvalue weighted by atomic mass is 35.5. The molecule has 0 saturated carbocycles. The number of anilines is 2. The number of nitrogens with two attached hydrogens (primary N) is 1. The van der Waals surface area contributed by atoms with Gasteiger partial charge in [0.2, 0.25) is 0 Å². The minimum absolute atomic E-state index is 0.704. The molecule has 0 spiro atoms. The molecule has 0 aliphatic rings. The lowest BCUT2D eigenvalue weighted by atomic mass is 10.0. The topological polar surface area (TPSA) is 38.0 Å². The van der Waals surface area contributed by atoms with Gasteiger partial charge in [0.1, 0.15) is 0 Å². The van der Waals surface area contributed by atoms with E-state index in [0.29, 0.717) is 10.7 Å². The highest BCUT2D eigenvalue weighted by Gasteiger charge is 1.99. The van der Waals surface area contributed by atoms with E-state index >= 15 is 0 Å². The lowest BCUT2D eigenvalue weighted by Gasteiger charge is -2.09. The number of benzene rings is 1. The maximum atomic E-state index is 6.08. The molecular formula is C15H25ClN2. The molecule has 0 aliphatic heterocycles. The van der Waals surface area contributed by atoms with E-state index in [1.807, 2.05) is 12.1 Å². The molecule has 3 N–H and O–H groups in total. The second-order valence-corrected chi connectivity index (χ2v) is 5.67. The largest absolute Gasteiger partial charge is 0.399 e. The first kappa shape index (κ1) is 15.2. The van der Waals surface area contributed by atoms with Crippen LogP contribution in [-0.4, -0.2) is 6.54 Å². The molecule has 0 aromatic heterocycles. The molecule has 0 unspecified atom stereocenters. The standard InChI is InChI=1S/C15H25ClN2/c1-12(2)7-5-3-4-6-10-18-15-9-8-13(17)11-14(15)16/h8-9,11-12,18H,3-7,10,17H2,1-2H3. The lowest BCUT2D eigenvalue weighted by Crippen LogP contribution is -2.02. The van der Waals surface area contributed by atoms with Crippen LogP contribution in [0.1, 0.15) is 46.0 Å². The molecule has 2 nitrogen and oxygen atoms in total. The summed E-state index contributed by atoms with van der Waals surface area (Å²) in [6, 6.07) is 5.60. The van der Waals surface area contributed by atoms with E-state index in [4.69, 9.17) is 17.3 Å². The summed E-state index contributed by atoms with van der Waals surface area (Å²) in [5.41, 5.74) is 7.34. The number of rotatable bonds is 8. The number of hydrogen-bond acceptors (Lipinski definition) is 2. The minimum atomic E-state index is 0.704. The summed E-state index contributed by atoms with van der Waals surface area (Å²) < 4.78 is 0. The fraction of sp³-hybridized carbons (Fsp3) is 0.600. The first-order chi connectivity index (χ1) is 8.59. The second kappa shape index (κ2) is 8.25. The third-order valence-electron chi connectivity index (χ3n) is 3.02. The number of hydrogen-bond donors (Lipinski definition) is 2. The van der Waals surface area contributed by atoms with Crippen LogP contribution in [0.15, 0.2) is 18.2 Å². The zero-order valence-corrected chi connectivity index (χ0v) is 12.3. The van der Waals surface area contributed by atoms with Crippen molar-refractivity contribution in [3.05, 3.63) is 23.2 Å². The molecule has 0 saturated heterocycles. The quantitative estimate of drug-likeness (QED) is 0.518. The van der Waals surface area contributed by atoms with Crippen LogP contribution >= 0.6 is 11.6 Å². The van der Waals surface area contributed by atoms with Crippen LogP contribution in [0.3, 0.4) is 0 Å². The predicted molar refractivity (Wildman–Crippen MR) is 82.3 cm³/mol. The zero-order valence-electron chi connectivity index (χ0n) is 11.5. The molecule has 0 amide bonds. The third kappa shape index (κ3) is 6.15. The Morgan fingerprint density at radius 3 is 2.56 bits per heavy atom. The first-order valence-corrected chi connectivity index (χ1v) is 7.26. The number of unbranched alkanes of at least 4 members (excludes halogenated alkanes) is 3. The Labute approximate surface area is 116 Å². The van der Waals surface area contributed by atoms with Crippen LogP contribution in [-0.2, 0) is 0 Å². The van der Waals surface area contributed by atoms with Gasteiger partial charge in [0.25, 0.3) is 0 Å². The van der Waals surface area contributed by atoms with Crippen LogP contribution in [0.2, 0.25) is 5.02 Å². The van der Waals surface area contributed by atoms with E-state index in [1.165, 1.54) is 32.1 Å². The van der Waals surface area contributed by atoms with Crippen LogP contribution in [0.4, 0.5) is 11.4 Å². The molecule has 102 valence electrons. The summed E-state index contributed by atoms with van der Waals surface area (Å²) >= 11 is 6.08. The smallest absolute Gasteiger partial charge is 0.0657 e. The van der Waals surface area contributed by atoms with Crippen molar-refractivity contribution in [2.24, 2.45) is 5.92 Å². The maximum absolute atomic E-state index is 6.08. The van der Waals surface area contributed by atoms with Gasteiger partial charge in [0.05, 0.1) is 10.7 Å². The van der Waals surface area contributed by atoms with E-state index in [1.54, 1.807) is 6.07 Å². The minimum Gasteiger partial charge on any atom is -0.399 e. The Morgan fingerprint density at radius 1 is 1.17 bits per heavy atom. The van der Waals surface area contributed by atoms with Crippen molar-refractivity contribution in [3.8, 4) is 0 Å². The van der Waals surface area contributed by atoms with E-state index in [9.17, 15) is 0 Å². The summed E-state index contributed by atoms with van der Waals surface area (Å²) in [6.07, 6.45) is 6.50. The molecule has 1 aromatic carbocycles. The Kier molecular flexibility index (Phi) is 6.96. The molecule has 0 fully saturated rings. The highest BCUT2D eigenvalue weighted by Crippen LogP contribution is 2.24. The molecule has 0 radical (unpaired) electrons. The van der Waals surface area contributed by atoms with E-state index in [0.717, 1.165) is 18.2 Å². The molecule has 18 heavy (non-hydrogen) atoms. The van der Waals surface area contributed by atoms with Crippen LogP contribution < -0.4 is 11.1 Å². The van der Waals surface area contributed by atoms with Gasteiger partial charge >= 0.3 is 0 Å². The van der Waals surface area contributed by atoms with Gasteiger partial charge in [0.15, 0.2) is 0 Å². The van der Waals surface area contributed by atoms with Gasteiger partial charge in [-0.15, -0.1) is 0 Å². The molecule has 0 bridgehead atoms. The Bertz CT molecular complexity index is 350. The summed E-state index contributed by atoms with van der Waals surface area (Å²) in [6.45, 7) is 5.54.